The number of hydrogen-bond acceptors (Lipinski definition) is 13. The number of halogens is 1. The summed E-state index contributed by atoms with van der Waals surface area (Å²) in [4.78, 5) is 85.2. The highest BCUT2D eigenvalue weighted by Crippen LogP contribution is 2.40. The Morgan fingerprint density at radius 1 is 0.273 bits per heavy atom. The SMILES string of the molecule is Cc1ccc(-c2ccn(-c3ccc4c5c(n(C)c4c3)CCCCC5)c(=O)c2)nc1.Cc1ccc(COc2ccn(-c3ccc4c5c(n(C)c4c3)CCCCC5)c(=O)c2)cn1.Cc1ncc(-c2ccn(-c3ccc4c5c(n(C)c4c3)CCCCC5)c(=O)c2)cn1.Cn1c2c(c3ccc(-n4ccc(OCc5ccc(F)cn5)cc4=O)cc31)CCCCC2.Cn1c2c(c3ccc(-n4ccc(OCc5ccccc5)cc4=O)cc31)CCCCC2. The van der Waals surface area contributed by atoms with E-state index in [0.29, 0.717) is 36.2 Å². The maximum absolute atomic E-state index is 13.0. The number of ether oxygens (including phenoxy) is 3. The van der Waals surface area contributed by atoms with Crippen molar-refractivity contribution >= 4 is 54.5 Å². The topological polar surface area (TPSA) is 227 Å². The first-order valence-electron chi connectivity index (χ1n) is 53.0. The van der Waals surface area contributed by atoms with E-state index in [1.54, 1.807) is 96.4 Å². The van der Waals surface area contributed by atoms with Gasteiger partial charge in [-0.05, 0) is 309 Å². The molecule has 14 aromatic heterocycles. The van der Waals surface area contributed by atoms with Gasteiger partial charge in [-0.2, -0.15) is 0 Å². The highest BCUT2D eigenvalue weighted by Gasteiger charge is 2.26. The van der Waals surface area contributed by atoms with Crippen molar-refractivity contribution in [3.05, 3.63) is 428 Å². The second kappa shape index (κ2) is 44.3. The van der Waals surface area contributed by atoms with E-state index in [1.165, 1.54) is 219 Å². The van der Waals surface area contributed by atoms with Crippen LogP contribution in [-0.4, -0.2) is 70.6 Å². The second-order valence-electron chi connectivity index (χ2n) is 40.6. The van der Waals surface area contributed by atoms with Crippen molar-refractivity contribution in [2.45, 2.75) is 201 Å². The molecule has 5 aliphatic carbocycles. The van der Waals surface area contributed by atoms with E-state index in [4.69, 9.17) is 14.2 Å². The molecule has 0 amide bonds. The van der Waals surface area contributed by atoms with Gasteiger partial charge >= 0.3 is 0 Å². The number of aromatic nitrogens is 15. The molecule has 0 aliphatic heterocycles. The Kier molecular flexibility index (Phi) is 29.4. The molecule has 0 saturated carbocycles. The van der Waals surface area contributed by atoms with Crippen LogP contribution in [0.25, 0.3) is 105 Å². The van der Waals surface area contributed by atoms with Crippen LogP contribution in [0.5, 0.6) is 17.2 Å². The molecular weight excluding hydrogens is 1870 g/mol. The van der Waals surface area contributed by atoms with Crippen molar-refractivity contribution in [3.63, 3.8) is 0 Å². The smallest absolute Gasteiger partial charge is 0.258 e. The van der Waals surface area contributed by atoms with E-state index in [-0.39, 0.29) is 34.4 Å². The number of aryl methyl sites for hydroxylation is 13. The summed E-state index contributed by atoms with van der Waals surface area (Å²) in [7, 11) is 10.7. The van der Waals surface area contributed by atoms with E-state index in [1.807, 2.05) is 130 Å². The Morgan fingerprint density at radius 3 is 0.960 bits per heavy atom. The number of benzene rings is 6. The molecule has 14 heterocycles. The first-order valence-corrected chi connectivity index (χ1v) is 53.0. The molecule has 0 atom stereocenters. The molecule has 25 rings (SSSR count). The molecule has 5 aliphatic rings. The lowest BCUT2D eigenvalue weighted by Gasteiger charge is -2.10. The van der Waals surface area contributed by atoms with Crippen LogP contribution >= 0.6 is 0 Å². The van der Waals surface area contributed by atoms with Crippen molar-refractivity contribution in [1.29, 1.82) is 0 Å². The summed E-state index contributed by atoms with van der Waals surface area (Å²) in [5.74, 6) is 1.94. The Morgan fingerprint density at radius 2 is 0.620 bits per heavy atom. The van der Waals surface area contributed by atoms with Crippen molar-refractivity contribution in [1.82, 2.24) is 70.6 Å². The zero-order chi connectivity index (χ0) is 103. The van der Waals surface area contributed by atoms with E-state index < -0.39 is 5.82 Å². The minimum Gasteiger partial charge on any atom is -0.489 e. The minimum absolute atomic E-state index is 0.0417. The third-order valence-corrected chi connectivity index (χ3v) is 30.8. The van der Waals surface area contributed by atoms with Crippen molar-refractivity contribution in [2.24, 2.45) is 35.2 Å². The van der Waals surface area contributed by atoms with Crippen LogP contribution in [-0.2, 0) is 119 Å². The van der Waals surface area contributed by atoms with E-state index in [0.717, 1.165) is 149 Å². The lowest BCUT2D eigenvalue weighted by molar-refractivity contribution is 0.300. The predicted octanol–water partition coefficient (Wildman–Crippen LogP) is 24.1. The van der Waals surface area contributed by atoms with Crippen LogP contribution in [0.3, 0.4) is 0 Å². The molecule has 0 radical (unpaired) electrons. The Hall–Kier alpha value is -16.4. The summed E-state index contributed by atoms with van der Waals surface area (Å²) in [5, 5.41) is 6.61. The first-order chi connectivity index (χ1) is 73.1. The van der Waals surface area contributed by atoms with Gasteiger partial charge in [0, 0.05) is 199 Å². The summed E-state index contributed by atoms with van der Waals surface area (Å²) in [6, 6.07) is 69.8. The molecule has 6 aromatic carbocycles. The van der Waals surface area contributed by atoms with Crippen molar-refractivity contribution in [2.75, 3.05) is 0 Å². The van der Waals surface area contributed by atoms with Crippen molar-refractivity contribution in [3.8, 4) is 68.1 Å². The maximum Gasteiger partial charge on any atom is 0.258 e. The standard InChI is InChI=1S/C26H27N3O2.C26H26N2O2.C25H24FN3O2.C25H25N3O.C24H24N4O/c1-18-8-9-19(16-27-18)17-31-21-12-13-29(26(30)15-21)20-10-11-23-22-6-4-3-5-7-24(22)28(2)25(23)14-20;1-27-24-11-7-3-6-10-22(24)23-13-12-20(16-25(23)27)28-15-14-21(17-26(28)29)30-18-19-8-4-2-5-9-19;1-28-23-6-4-2-3-5-21(23)22-10-9-19(13-24(22)28)29-12-11-20(14-25(29)30)31-16-18-8-7-17(26)15-27-18;1-17-8-11-22(26-16-17)18-12-13-28(25(29)14-18)19-9-10-21-20-6-4-3-5-7-23(20)27(2)24(21)15-19;1-16-25-14-18(15-26-16)17-10-11-28(24(29)12-17)19-8-9-21-20-6-4-3-5-7-22(20)27(2)23(21)13-19/h8-16H,3-7,17H2,1-2H3;2,4-5,8-9,12-17H,3,6-7,10-11,18H2,1H3;7-15H,2-6,16H2,1H3;8-16H,3-7H2,1-2H3;8-15H,3-7H2,1-2H3. The molecule has 150 heavy (non-hydrogen) atoms. The minimum atomic E-state index is -0.391. The normalized spacial score (nSPS) is 13.8. The van der Waals surface area contributed by atoms with E-state index >= 15 is 0 Å². The van der Waals surface area contributed by atoms with Crippen LogP contribution in [0, 0.1) is 26.6 Å². The number of rotatable bonds is 16. The molecule has 20 aromatic rings. The summed E-state index contributed by atoms with van der Waals surface area (Å²) in [6.07, 6.45) is 47.8. The average molecular weight is 2000 g/mol. The number of nitrogens with zero attached hydrogens (tertiary/aromatic N) is 15. The fraction of sp³-hybridized carbons (Fsp3) is 0.286. The van der Waals surface area contributed by atoms with Gasteiger partial charge in [0.05, 0.1) is 73.6 Å². The molecule has 0 N–H and O–H groups in total. The molecule has 0 saturated heterocycles. The Balaban J connectivity index is 0.000000109. The van der Waals surface area contributed by atoms with Gasteiger partial charge in [0.1, 0.15) is 48.7 Å². The largest absolute Gasteiger partial charge is 0.489 e. The lowest BCUT2D eigenvalue weighted by atomic mass is 10.1. The molecule has 0 unspecified atom stereocenters. The predicted molar refractivity (Wildman–Crippen MR) is 595 cm³/mol. The van der Waals surface area contributed by atoms with Crippen LogP contribution in [0.4, 0.5) is 4.39 Å². The molecule has 0 spiro atoms. The lowest BCUT2D eigenvalue weighted by Crippen LogP contribution is -2.16. The highest BCUT2D eigenvalue weighted by molar-refractivity contribution is 5.92. The quantitative estimate of drug-likeness (QED) is 0.0821. The van der Waals surface area contributed by atoms with Crippen LogP contribution < -0.4 is 42.0 Å². The number of pyridine rings is 8. The first kappa shape index (κ1) is 99.6. The fourth-order valence-electron chi connectivity index (χ4n) is 22.7. The molecule has 760 valence electrons. The van der Waals surface area contributed by atoms with Crippen LogP contribution in [0.2, 0.25) is 0 Å². The Labute approximate surface area is 870 Å². The Bertz CT molecular complexity index is 8330. The molecular formula is C126H126FN15O8. The van der Waals surface area contributed by atoms with Crippen LogP contribution in [0.15, 0.2) is 304 Å². The van der Waals surface area contributed by atoms with Gasteiger partial charge in [-0.1, -0.05) is 105 Å². The molecule has 24 heteroatoms. The molecule has 0 bridgehead atoms. The third kappa shape index (κ3) is 21.3. The summed E-state index contributed by atoms with van der Waals surface area (Å²) < 4.78 is 50.2. The van der Waals surface area contributed by atoms with Gasteiger partial charge in [0.15, 0.2) is 0 Å². The van der Waals surface area contributed by atoms with Crippen LogP contribution in [0.1, 0.15) is 187 Å². The maximum atomic E-state index is 13.0. The third-order valence-electron chi connectivity index (χ3n) is 30.8. The summed E-state index contributed by atoms with van der Waals surface area (Å²) in [5.41, 5.74) is 32.7. The average Bonchev–Trinajstić information content (AvgIpc) is 1.63. The zero-order valence-electron chi connectivity index (χ0n) is 86.7. The molecule has 23 nitrogen and oxygen atoms in total. The summed E-state index contributed by atoms with van der Waals surface area (Å²) >= 11 is 0. The van der Waals surface area contributed by atoms with E-state index in [9.17, 15) is 28.4 Å². The number of hydrogen-bond donors (Lipinski definition) is 0. The van der Waals surface area contributed by atoms with Gasteiger partial charge in [-0.15, -0.1) is 0 Å². The summed E-state index contributed by atoms with van der Waals surface area (Å²) in [6.45, 7) is 6.82. The van der Waals surface area contributed by atoms with Gasteiger partial charge < -0.3 is 37.0 Å². The van der Waals surface area contributed by atoms with Gasteiger partial charge in [-0.3, -0.25) is 61.8 Å². The van der Waals surface area contributed by atoms with Crippen molar-refractivity contribution < 1.29 is 18.6 Å². The van der Waals surface area contributed by atoms with Gasteiger partial charge in [0.2, 0.25) is 0 Å². The van der Waals surface area contributed by atoms with E-state index in [2.05, 4.69) is 162 Å². The monoisotopic (exact) mass is 2000 g/mol. The zero-order valence-corrected chi connectivity index (χ0v) is 86.7. The fourth-order valence-corrected chi connectivity index (χ4v) is 22.7. The van der Waals surface area contributed by atoms with Gasteiger partial charge in [0.25, 0.3) is 27.8 Å². The second-order valence-corrected chi connectivity index (χ2v) is 40.6. The number of fused-ring (bicyclic) bond motifs is 15. The van der Waals surface area contributed by atoms with Gasteiger partial charge in [-0.25, -0.2) is 14.4 Å². The highest BCUT2D eigenvalue weighted by atomic mass is 19.1. The molecule has 0 fully saturated rings.